The van der Waals surface area contributed by atoms with Crippen molar-refractivity contribution in [2.75, 3.05) is 5.32 Å². The number of hydrogen-bond donors (Lipinski definition) is 3. The molecule has 2 heterocycles. The Labute approximate surface area is 192 Å². The first-order valence-corrected chi connectivity index (χ1v) is 10.9. The van der Waals surface area contributed by atoms with E-state index in [1.807, 2.05) is 48.0 Å². The minimum absolute atomic E-state index is 0.128. The molecule has 2 aromatic carbocycles. The number of hydrogen-bond acceptors (Lipinski definition) is 4. The van der Waals surface area contributed by atoms with E-state index in [9.17, 15) is 9.59 Å². The zero-order valence-corrected chi connectivity index (χ0v) is 18.4. The van der Waals surface area contributed by atoms with E-state index in [-0.39, 0.29) is 17.9 Å². The Kier molecular flexibility index (Phi) is 6.94. The van der Waals surface area contributed by atoms with Crippen LogP contribution in [0.25, 0.3) is 11.3 Å². The molecule has 0 aliphatic heterocycles. The Bertz CT molecular complexity index is 1200. The number of amides is 2. The highest BCUT2D eigenvalue weighted by atomic mass is 16.2. The molecule has 33 heavy (non-hydrogen) atoms. The van der Waals surface area contributed by atoms with E-state index in [1.54, 1.807) is 43.0 Å². The van der Waals surface area contributed by atoms with Crippen LogP contribution in [-0.2, 0) is 11.3 Å². The summed E-state index contributed by atoms with van der Waals surface area (Å²) in [6.07, 6.45) is 7.92. The number of aromatic amines is 1. The van der Waals surface area contributed by atoms with Crippen LogP contribution in [0.15, 0.2) is 79.5 Å². The molecule has 0 fully saturated rings. The van der Waals surface area contributed by atoms with Crippen molar-refractivity contribution in [1.29, 1.82) is 0 Å². The quantitative estimate of drug-likeness (QED) is 0.362. The predicted molar refractivity (Wildman–Crippen MR) is 126 cm³/mol. The van der Waals surface area contributed by atoms with Gasteiger partial charge >= 0.3 is 0 Å². The number of aromatic nitrogens is 4. The molecule has 3 N–H and O–H groups in total. The van der Waals surface area contributed by atoms with E-state index in [0.717, 1.165) is 11.3 Å². The van der Waals surface area contributed by atoms with Crippen molar-refractivity contribution in [3.8, 4) is 11.3 Å². The van der Waals surface area contributed by atoms with E-state index in [4.69, 9.17) is 0 Å². The van der Waals surface area contributed by atoms with Crippen molar-refractivity contribution in [3.05, 3.63) is 90.9 Å². The maximum atomic E-state index is 12.9. The summed E-state index contributed by atoms with van der Waals surface area (Å²) in [5.41, 5.74) is 2.99. The molecule has 0 bridgehead atoms. The van der Waals surface area contributed by atoms with Gasteiger partial charge in [-0.3, -0.25) is 9.59 Å². The van der Waals surface area contributed by atoms with Crippen molar-refractivity contribution in [1.82, 2.24) is 24.8 Å². The Morgan fingerprint density at radius 2 is 1.97 bits per heavy atom. The average Bonchev–Trinajstić information content (AvgIpc) is 3.54. The molecule has 2 amide bonds. The van der Waals surface area contributed by atoms with Crippen LogP contribution in [0.1, 0.15) is 42.0 Å². The molecule has 0 aliphatic rings. The maximum Gasteiger partial charge on any atom is 0.251 e. The highest BCUT2D eigenvalue weighted by Crippen LogP contribution is 2.21. The highest BCUT2D eigenvalue weighted by molar-refractivity contribution is 5.97. The number of nitrogens with one attached hydrogen (secondary N) is 3. The van der Waals surface area contributed by atoms with Crippen molar-refractivity contribution in [2.45, 2.75) is 32.4 Å². The Morgan fingerprint density at radius 3 is 2.73 bits per heavy atom. The zero-order chi connectivity index (χ0) is 23.0. The third-order valence-electron chi connectivity index (χ3n) is 5.29. The summed E-state index contributed by atoms with van der Waals surface area (Å²) in [7, 11) is 0. The smallest absolute Gasteiger partial charge is 0.251 e. The van der Waals surface area contributed by atoms with Gasteiger partial charge in [-0.2, -0.15) is 0 Å². The van der Waals surface area contributed by atoms with Gasteiger partial charge in [-0.1, -0.05) is 43.3 Å². The first-order chi connectivity index (χ1) is 16.1. The Morgan fingerprint density at radius 1 is 1.12 bits per heavy atom. The maximum absolute atomic E-state index is 12.9. The van der Waals surface area contributed by atoms with E-state index in [0.29, 0.717) is 36.5 Å². The summed E-state index contributed by atoms with van der Waals surface area (Å²) < 4.78 is 1.84. The lowest BCUT2D eigenvalue weighted by Gasteiger charge is -2.15. The summed E-state index contributed by atoms with van der Waals surface area (Å²) in [6, 6.07) is 16.6. The molecule has 2 aromatic heterocycles. The highest BCUT2D eigenvalue weighted by Gasteiger charge is 2.18. The standard InChI is InChI=1S/C25H26N6O2/c1-2-21(24-27-16-22(29-24)18-7-4-3-5-8-18)30-25(33)19-9-6-10-20(15-19)28-23(32)11-13-31-14-12-26-17-31/h3-10,12,14-17,21H,2,11,13H2,1H3,(H,27,29)(H,28,32)(H,30,33). The summed E-state index contributed by atoms with van der Waals surface area (Å²) in [5.74, 6) is 0.347. The number of carbonyl (C=O) groups excluding carboxylic acids is 2. The van der Waals surface area contributed by atoms with E-state index < -0.39 is 0 Å². The van der Waals surface area contributed by atoms with Crippen LogP contribution in [0.3, 0.4) is 0 Å². The van der Waals surface area contributed by atoms with Gasteiger partial charge in [-0.05, 0) is 30.2 Å². The molecule has 0 spiro atoms. The molecule has 1 atom stereocenters. The first kappa shape index (κ1) is 22.0. The van der Waals surface area contributed by atoms with Crippen molar-refractivity contribution < 1.29 is 9.59 Å². The monoisotopic (exact) mass is 442 g/mol. The fourth-order valence-electron chi connectivity index (χ4n) is 3.49. The summed E-state index contributed by atoms with van der Waals surface area (Å²) in [5, 5.41) is 5.88. The summed E-state index contributed by atoms with van der Waals surface area (Å²) >= 11 is 0. The normalized spacial score (nSPS) is 11.7. The van der Waals surface area contributed by atoms with Gasteiger partial charge in [0.05, 0.1) is 24.3 Å². The number of anilines is 1. The number of nitrogens with zero attached hydrogens (tertiary/aromatic N) is 3. The Hall–Kier alpha value is -4.20. The third kappa shape index (κ3) is 5.74. The van der Waals surface area contributed by atoms with Crippen LogP contribution in [0.5, 0.6) is 0 Å². The van der Waals surface area contributed by atoms with Gasteiger partial charge in [0.25, 0.3) is 5.91 Å². The lowest BCUT2D eigenvalue weighted by molar-refractivity contribution is -0.116. The molecule has 168 valence electrons. The molecule has 1 unspecified atom stereocenters. The number of imidazole rings is 2. The fraction of sp³-hybridized carbons (Fsp3) is 0.200. The van der Waals surface area contributed by atoms with Gasteiger partial charge in [-0.25, -0.2) is 9.97 Å². The average molecular weight is 443 g/mol. The summed E-state index contributed by atoms with van der Waals surface area (Å²) in [4.78, 5) is 36.9. The van der Waals surface area contributed by atoms with Crippen LogP contribution in [-0.4, -0.2) is 31.3 Å². The van der Waals surface area contributed by atoms with Crippen molar-refractivity contribution in [2.24, 2.45) is 0 Å². The molecule has 4 aromatic rings. The molecule has 8 nitrogen and oxygen atoms in total. The van der Waals surface area contributed by atoms with Crippen LogP contribution >= 0.6 is 0 Å². The number of rotatable bonds is 9. The van der Waals surface area contributed by atoms with Crippen molar-refractivity contribution in [3.63, 3.8) is 0 Å². The Balaban J connectivity index is 1.38. The van der Waals surface area contributed by atoms with Gasteiger partial charge < -0.3 is 20.2 Å². The second-order valence-electron chi connectivity index (χ2n) is 7.66. The molecule has 0 aliphatic carbocycles. The third-order valence-corrected chi connectivity index (χ3v) is 5.29. The number of aryl methyl sites for hydroxylation is 1. The largest absolute Gasteiger partial charge is 0.342 e. The van der Waals surface area contributed by atoms with Crippen LogP contribution in [0, 0.1) is 0 Å². The van der Waals surface area contributed by atoms with Gasteiger partial charge in [0.15, 0.2) is 0 Å². The number of H-pyrrole nitrogens is 1. The van der Waals surface area contributed by atoms with Crippen molar-refractivity contribution >= 4 is 17.5 Å². The topological polar surface area (TPSA) is 105 Å². The molecular formula is C25H26N6O2. The van der Waals surface area contributed by atoms with Gasteiger partial charge in [-0.15, -0.1) is 0 Å². The minimum Gasteiger partial charge on any atom is -0.342 e. The molecule has 4 rings (SSSR count). The summed E-state index contributed by atoms with van der Waals surface area (Å²) in [6.45, 7) is 2.53. The molecule has 0 saturated heterocycles. The molecular weight excluding hydrogens is 416 g/mol. The van der Waals surface area contributed by atoms with Gasteiger partial charge in [0.2, 0.25) is 5.91 Å². The van der Waals surface area contributed by atoms with Crippen LogP contribution in [0.2, 0.25) is 0 Å². The second-order valence-corrected chi connectivity index (χ2v) is 7.66. The fourth-order valence-corrected chi connectivity index (χ4v) is 3.49. The number of carbonyl (C=O) groups is 2. The molecule has 0 radical (unpaired) electrons. The van der Waals surface area contributed by atoms with Crippen LogP contribution < -0.4 is 10.6 Å². The van der Waals surface area contributed by atoms with Crippen LogP contribution in [0.4, 0.5) is 5.69 Å². The lowest BCUT2D eigenvalue weighted by Crippen LogP contribution is -2.29. The van der Waals surface area contributed by atoms with E-state index in [2.05, 4.69) is 25.6 Å². The van der Waals surface area contributed by atoms with E-state index in [1.165, 1.54) is 0 Å². The van der Waals surface area contributed by atoms with Gasteiger partial charge in [0, 0.05) is 36.6 Å². The predicted octanol–water partition coefficient (Wildman–Crippen LogP) is 4.18. The second kappa shape index (κ2) is 10.4. The lowest BCUT2D eigenvalue weighted by atomic mass is 10.1. The zero-order valence-electron chi connectivity index (χ0n) is 18.4. The SMILES string of the molecule is CCC(NC(=O)c1cccc(NC(=O)CCn2ccnc2)c1)c1ncc(-c2ccccc2)[nH]1. The van der Waals surface area contributed by atoms with E-state index >= 15 is 0 Å². The minimum atomic E-state index is -0.261. The van der Waals surface area contributed by atoms with Gasteiger partial charge in [0.1, 0.15) is 5.82 Å². The molecule has 0 saturated carbocycles. The first-order valence-electron chi connectivity index (χ1n) is 10.9. The molecule has 8 heteroatoms. The number of benzene rings is 2.